The minimum absolute atomic E-state index is 0.0443. The van der Waals surface area contributed by atoms with Gasteiger partial charge in [0.05, 0.1) is 17.1 Å². The fraction of sp³-hybridized carbons (Fsp3) is 0.200. The van der Waals surface area contributed by atoms with Crippen LogP contribution in [0.5, 0.6) is 5.75 Å². The van der Waals surface area contributed by atoms with Crippen LogP contribution in [0.25, 0.3) is 10.2 Å². The zero-order chi connectivity index (χ0) is 16.9. The van der Waals surface area contributed by atoms with Crippen molar-refractivity contribution in [3.05, 3.63) is 52.2 Å². The number of ether oxygens (including phenoxy) is 1. The number of nitro benzene ring substituents is 1. The molecule has 3 rings (SSSR count). The van der Waals surface area contributed by atoms with Crippen LogP contribution in [0.15, 0.2) is 47.1 Å². The Morgan fingerprint density at radius 3 is 3.08 bits per heavy atom. The summed E-state index contributed by atoms with van der Waals surface area (Å²) in [5.74, 6) is 0.757. The van der Waals surface area contributed by atoms with E-state index in [4.69, 9.17) is 4.74 Å². The number of fused-ring (bicyclic) bond motifs is 1. The number of aliphatic hydroxyl groups excluding tert-OH is 1. The number of hydrogen-bond acceptors (Lipinski definition) is 8. The van der Waals surface area contributed by atoms with Crippen LogP contribution in [0, 0.1) is 10.1 Å². The molecule has 0 bridgehead atoms. The van der Waals surface area contributed by atoms with Gasteiger partial charge in [-0.1, -0.05) is 6.07 Å². The Bertz CT molecular complexity index is 855. The van der Waals surface area contributed by atoms with Crippen molar-refractivity contribution in [1.82, 2.24) is 9.97 Å². The third-order valence-electron chi connectivity index (χ3n) is 3.11. The highest BCUT2D eigenvalue weighted by Gasteiger charge is 2.12. The van der Waals surface area contributed by atoms with Crippen molar-refractivity contribution in [2.24, 2.45) is 0 Å². The van der Waals surface area contributed by atoms with E-state index in [1.54, 1.807) is 23.5 Å². The van der Waals surface area contributed by atoms with Crippen molar-refractivity contribution in [1.29, 1.82) is 0 Å². The molecular formula is C15H13N3O4S2. The Balaban J connectivity index is 1.54. The van der Waals surface area contributed by atoms with Gasteiger partial charge in [-0.05, 0) is 17.5 Å². The highest BCUT2D eigenvalue weighted by molar-refractivity contribution is 7.99. The number of thioether (sulfide) groups is 1. The van der Waals surface area contributed by atoms with E-state index >= 15 is 0 Å². The smallest absolute Gasteiger partial charge is 0.273 e. The van der Waals surface area contributed by atoms with Gasteiger partial charge in [-0.2, -0.15) is 0 Å². The number of nitro groups is 1. The summed E-state index contributed by atoms with van der Waals surface area (Å²) in [6.45, 7) is 0.0476. The monoisotopic (exact) mass is 363 g/mol. The molecule has 9 heteroatoms. The summed E-state index contributed by atoms with van der Waals surface area (Å²) < 4.78 is 5.42. The largest absolute Gasteiger partial charge is 0.491 e. The maximum Gasteiger partial charge on any atom is 0.273 e. The molecule has 0 unspecified atom stereocenters. The van der Waals surface area contributed by atoms with Gasteiger partial charge in [0, 0.05) is 17.2 Å². The van der Waals surface area contributed by atoms with E-state index in [1.165, 1.54) is 30.2 Å². The van der Waals surface area contributed by atoms with Gasteiger partial charge in [0.2, 0.25) is 0 Å². The molecule has 1 aromatic carbocycles. The van der Waals surface area contributed by atoms with Crippen molar-refractivity contribution in [3.8, 4) is 5.75 Å². The normalized spacial score (nSPS) is 12.2. The Hall–Kier alpha value is -2.23. The number of aromatic nitrogens is 2. The van der Waals surface area contributed by atoms with Crippen LogP contribution in [0.4, 0.5) is 5.69 Å². The summed E-state index contributed by atoms with van der Waals surface area (Å²) in [6, 6.07) is 7.84. The number of rotatable bonds is 7. The van der Waals surface area contributed by atoms with Gasteiger partial charge in [-0.25, -0.2) is 9.97 Å². The maximum absolute atomic E-state index is 10.7. The topological polar surface area (TPSA) is 98.4 Å². The first kappa shape index (κ1) is 16.6. The first-order valence-corrected chi connectivity index (χ1v) is 8.86. The highest BCUT2D eigenvalue weighted by Crippen LogP contribution is 2.28. The van der Waals surface area contributed by atoms with Crippen LogP contribution < -0.4 is 4.74 Å². The Labute approximate surface area is 145 Å². The average molecular weight is 363 g/mol. The van der Waals surface area contributed by atoms with E-state index in [1.807, 2.05) is 11.4 Å². The number of hydrogen-bond donors (Lipinski definition) is 1. The predicted molar refractivity (Wildman–Crippen MR) is 92.7 cm³/mol. The van der Waals surface area contributed by atoms with Crippen LogP contribution in [0.2, 0.25) is 0 Å². The predicted octanol–water partition coefficient (Wildman–Crippen LogP) is 3.13. The zero-order valence-electron chi connectivity index (χ0n) is 12.4. The summed E-state index contributed by atoms with van der Waals surface area (Å²) in [4.78, 5) is 19.6. The van der Waals surface area contributed by atoms with Crippen molar-refractivity contribution in [3.63, 3.8) is 0 Å². The molecule has 0 fully saturated rings. The van der Waals surface area contributed by atoms with Crippen LogP contribution in [-0.4, -0.2) is 38.5 Å². The summed E-state index contributed by atoms with van der Waals surface area (Å²) in [5.41, 5.74) is -0.0443. The van der Waals surface area contributed by atoms with Gasteiger partial charge in [0.15, 0.2) is 0 Å². The summed E-state index contributed by atoms with van der Waals surface area (Å²) >= 11 is 2.96. The molecule has 24 heavy (non-hydrogen) atoms. The standard InChI is InChI=1S/C15H13N3O4S2/c19-11(7-22-12-3-1-2-10(6-12)18(20)21)8-24-15-13-4-5-23-14(13)16-9-17-15/h1-6,9,11,19H,7-8H2/t11-/m1/s1. The fourth-order valence-electron chi connectivity index (χ4n) is 1.98. The summed E-state index contributed by atoms with van der Waals surface area (Å²) in [7, 11) is 0. The second-order valence-corrected chi connectivity index (χ2v) is 6.75. The molecule has 0 aliphatic carbocycles. The van der Waals surface area contributed by atoms with Crippen molar-refractivity contribution < 1.29 is 14.8 Å². The quantitative estimate of drug-likeness (QED) is 0.298. The molecule has 124 valence electrons. The zero-order valence-corrected chi connectivity index (χ0v) is 14.0. The van der Waals surface area contributed by atoms with Crippen LogP contribution >= 0.6 is 23.1 Å². The number of aliphatic hydroxyl groups is 1. The minimum atomic E-state index is -0.724. The van der Waals surface area contributed by atoms with Gasteiger partial charge in [-0.3, -0.25) is 10.1 Å². The third kappa shape index (κ3) is 3.99. The summed E-state index contributed by atoms with van der Waals surface area (Å²) in [5, 5.41) is 24.5. The molecule has 7 nitrogen and oxygen atoms in total. The number of benzene rings is 1. The fourth-order valence-corrected chi connectivity index (χ4v) is 3.67. The van der Waals surface area contributed by atoms with Crippen LogP contribution in [-0.2, 0) is 0 Å². The lowest BCUT2D eigenvalue weighted by atomic mass is 10.3. The lowest BCUT2D eigenvalue weighted by Gasteiger charge is -2.12. The molecule has 0 amide bonds. The number of thiophene rings is 1. The van der Waals surface area contributed by atoms with Gasteiger partial charge in [0.25, 0.3) is 5.69 Å². The first-order chi connectivity index (χ1) is 11.6. The van der Waals surface area contributed by atoms with Gasteiger partial charge in [-0.15, -0.1) is 23.1 Å². The van der Waals surface area contributed by atoms with Crippen molar-refractivity contribution in [2.75, 3.05) is 12.4 Å². The highest BCUT2D eigenvalue weighted by atomic mass is 32.2. The van der Waals surface area contributed by atoms with Gasteiger partial charge in [0.1, 0.15) is 28.5 Å². The molecule has 3 aromatic rings. The van der Waals surface area contributed by atoms with Crippen LogP contribution in [0.3, 0.4) is 0 Å². The molecule has 0 radical (unpaired) electrons. The van der Waals surface area contributed by atoms with E-state index in [0.29, 0.717) is 11.5 Å². The minimum Gasteiger partial charge on any atom is -0.491 e. The second-order valence-electron chi connectivity index (χ2n) is 4.85. The van der Waals surface area contributed by atoms with Gasteiger partial charge < -0.3 is 9.84 Å². The molecule has 0 saturated heterocycles. The second kappa shape index (κ2) is 7.56. The van der Waals surface area contributed by atoms with Gasteiger partial charge >= 0.3 is 0 Å². The first-order valence-electron chi connectivity index (χ1n) is 7.00. The lowest BCUT2D eigenvalue weighted by Crippen LogP contribution is -2.20. The van der Waals surface area contributed by atoms with Crippen molar-refractivity contribution in [2.45, 2.75) is 11.1 Å². The van der Waals surface area contributed by atoms with E-state index in [2.05, 4.69) is 9.97 Å². The Morgan fingerprint density at radius 1 is 1.38 bits per heavy atom. The van der Waals surface area contributed by atoms with E-state index in [-0.39, 0.29) is 12.3 Å². The molecule has 1 atom stereocenters. The molecule has 0 spiro atoms. The van der Waals surface area contributed by atoms with E-state index < -0.39 is 11.0 Å². The number of non-ortho nitro benzene ring substituents is 1. The molecule has 0 aliphatic rings. The van der Waals surface area contributed by atoms with Crippen molar-refractivity contribution >= 4 is 39.0 Å². The molecule has 0 aliphatic heterocycles. The molecule has 0 saturated carbocycles. The average Bonchev–Trinajstić information content (AvgIpc) is 3.07. The molecule has 2 aromatic heterocycles. The molecule has 2 heterocycles. The molecule has 1 N–H and O–H groups in total. The SMILES string of the molecule is O=[N+]([O-])c1cccc(OC[C@@H](O)CSc2ncnc3sccc23)c1. The summed E-state index contributed by atoms with van der Waals surface area (Å²) in [6.07, 6.45) is 0.783. The van der Waals surface area contributed by atoms with Crippen LogP contribution in [0.1, 0.15) is 0 Å². The number of nitrogens with zero attached hydrogens (tertiary/aromatic N) is 3. The third-order valence-corrected chi connectivity index (χ3v) is 5.08. The lowest BCUT2D eigenvalue weighted by molar-refractivity contribution is -0.384. The van der Waals surface area contributed by atoms with E-state index in [0.717, 1.165) is 15.2 Å². The van der Waals surface area contributed by atoms with E-state index in [9.17, 15) is 15.2 Å². The Kier molecular flexibility index (Phi) is 5.24. The molecular weight excluding hydrogens is 350 g/mol. The Morgan fingerprint density at radius 2 is 2.25 bits per heavy atom. The maximum atomic E-state index is 10.7.